The maximum absolute atomic E-state index is 4.59. The fraction of sp³-hybridized carbons (Fsp3) is 0.211. The number of aryl methyl sites for hydroxylation is 1. The van der Waals surface area contributed by atoms with Gasteiger partial charge < -0.3 is 10.2 Å². The number of aromatic nitrogens is 3. The van der Waals surface area contributed by atoms with Crippen molar-refractivity contribution < 1.29 is 0 Å². The van der Waals surface area contributed by atoms with Crippen LogP contribution in [0.2, 0.25) is 0 Å². The van der Waals surface area contributed by atoms with Gasteiger partial charge in [0.15, 0.2) is 0 Å². The molecule has 1 N–H and O–H groups in total. The van der Waals surface area contributed by atoms with Crippen molar-refractivity contribution >= 4 is 17.6 Å². The van der Waals surface area contributed by atoms with Crippen molar-refractivity contribution in [3.05, 3.63) is 71.5 Å². The van der Waals surface area contributed by atoms with Crippen LogP contribution in [0.5, 0.6) is 0 Å². The maximum atomic E-state index is 4.59. The molecule has 0 saturated carbocycles. The van der Waals surface area contributed by atoms with E-state index in [4.69, 9.17) is 0 Å². The molecule has 0 atom stereocenters. The summed E-state index contributed by atoms with van der Waals surface area (Å²) in [5.74, 6) is 1.29. The van der Waals surface area contributed by atoms with Crippen molar-refractivity contribution in [3.63, 3.8) is 0 Å². The Morgan fingerprint density at radius 2 is 1.88 bits per heavy atom. The number of hydrogen-bond donors (Lipinski definition) is 1. The first-order valence-electron chi connectivity index (χ1n) is 8.12. The lowest BCUT2D eigenvalue weighted by molar-refractivity contribution is 0.705. The summed E-state index contributed by atoms with van der Waals surface area (Å²) >= 11 is 0. The Labute approximate surface area is 141 Å². The summed E-state index contributed by atoms with van der Waals surface area (Å²) in [6.45, 7) is 3.82. The molecule has 1 aliphatic rings. The molecule has 0 saturated heterocycles. The molecule has 0 unspecified atom stereocenters. The average molecular weight is 317 g/mol. The minimum atomic E-state index is 0.574. The van der Waals surface area contributed by atoms with E-state index in [2.05, 4.69) is 68.5 Å². The highest BCUT2D eigenvalue weighted by molar-refractivity contribution is 5.55. The van der Waals surface area contributed by atoms with Crippen molar-refractivity contribution in [2.75, 3.05) is 16.8 Å². The van der Waals surface area contributed by atoms with Crippen LogP contribution in [0.15, 0.2) is 54.9 Å². The third-order valence-corrected chi connectivity index (χ3v) is 4.25. The van der Waals surface area contributed by atoms with Crippen molar-refractivity contribution in [1.29, 1.82) is 0 Å². The van der Waals surface area contributed by atoms with Gasteiger partial charge in [0.2, 0.25) is 11.9 Å². The van der Waals surface area contributed by atoms with Gasteiger partial charge in [-0.1, -0.05) is 36.4 Å². The fourth-order valence-corrected chi connectivity index (χ4v) is 3.02. The zero-order valence-electron chi connectivity index (χ0n) is 13.6. The highest BCUT2D eigenvalue weighted by atomic mass is 15.3. The molecule has 1 aromatic heterocycles. The van der Waals surface area contributed by atoms with Crippen LogP contribution >= 0.6 is 0 Å². The van der Waals surface area contributed by atoms with Gasteiger partial charge in [-0.3, -0.25) is 0 Å². The van der Waals surface area contributed by atoms with Crippen LogP contribution < -0.4 is 10.2 Å². The van der Waals surface area contributed by atoms with Gasteiger partial charge in [-0.2, -0.15) is 4.98 Å². The van der Waals surface area contributed by atoms with E-state index in [1.54, 1.807) is 6.33 Å². The first-order chi connectivity index (χ1) is 11.8. The molecule has 0 fully saturated rings. The molecule has 2 heterocycles. The van der Waals surface area contributed by atoms with Gasteiger partial charge in [0, 0.05) is 18.8 Å². The number of nitrogens with zero attached hydrogens (tertiary/aromatic N) is 4. The molecule has 3 aromatic rings. The summed E-state index contributed by atoms with van der Waals surface area (Å²) in [5.41, 5.74) is 4.94. The number of nitrogens with one attached hydrogen (secondary N) is 1. The van der Waals surface area contributed by atoms with E-state index < -0.39 is 0 Å². The van der Waals surface area contributed by atoms with E-state index >= 15 is 0 Å². The SMILES string of the molecule is Cc1cccc(Nc2ncnc(N3CCc4ccccc4C3)n2)c1. The smallest absolute Gasteiger partial charge is 0.231 e. The predicted molar refractivity (Wildman–Crippen MR) is 95.5 cm³/mol. The zero-order valence-corrected chi connectivity index (χ0v) is 13.6. The summed E-state index contributed by atoms with van der Waals surface area (Å²) in [7, 11) is 0. The van der Waals surface area contributed by atoms with E-state index in [9.17, 15) is 0 Å². The van der Waals surface area contributed by atoms with Gasteiger partial charge >= 0.3 is 0 Å². The second kappa shape index (κ2) is 6.28. The Bertz CT molecular complexity index is 862. The van der Waals surface area contributed by atoms with Gasteiger partial charge in [-0.25, -0.2) is 9.97 Å². The summed E-state index contributed by atoms with van der Waals surface area (Å²) in [6, 6.07) is 16.7. The van der Waals surface area contributed by atoms with E-state index in [0.29, 0.717) is 5.95 Å². The number of fused-ring (bicyclic) bond motifs is 1. The normalized spacial score (nSPS) is 13.5. The van der Waals surface area contributed by atoms with Crippen LogP contribution in [-0.4, -0.2) is 21.5 Å². The molecule has 5 nitrogen and oxygen atoms in total. The number of hydrogen-bond acceptors (Lipinski definition) is 5. The van der Waals surface area contributed by atoms with E-state index in [0.717, 1.165) is 31.1 Å². The van der Waals surface area contributed by atoms with E-state index in [-0.39, 0.29) is 0 Å². The molecule has 24 heavy (non-hydrogen) atoms. The Morgan fingerprint density at radius 1 is 1.00 bits per heavy atom. The van der Waals surface area contributed by atoms with Crippen LogP contribution in [-0.2, 0) is 13.0 Å². The fourth-order valence-electron chi connectivity index (χ4n) is 3.02. The van der Waals surface area contributed by atoms with Gasteiger partial charge in [0.05, 0.1) is 0 Å². The van der Waals surface area contributed by atoms with Gasteiger partial charge in [-0.05, 0) is 42.2 Å². The third-order valence-electron chi connectivity index (χ3n) is 4.25. The predicted octanol–water partition coefficient (Wildman–Crippen LogP) is 3.49. The van der Waals surface area contributed by atoms with Crippen LogP contribution in [0.3, 0.4) is 0 Å². The molecular weight excluding hydrogens is 298 g/mol. The minimum Gasteiger partial charge on any atom is -0.336 e. The Kier molecular flexibility index (Phi) is 3.83. The highest BCUT2D eigenvalue weighted by Crippen LogP contribution is 2.22. The standard InChI is InChI=1S/C19H19N5/c1-14-5-4-8-17(11-14)22-18-20-13-21-19(23-18)24-10-9-15-6-2-3-7-16(15)12-24/h2-8,11,13H,9-10,12H2,1H3,(H,20,21,22,23). The van der Waals surface area contributed by atoms with Crippen molar-refractivity contribution in [1.82, 2.24) is 15.0 Å². The molecule has 120 valence electrons. The molecule has 0 amide bonds. The average Bonchev–Trinajstić information content (AvgIpc) is 2.61. The zero-order chi connectivity index (χ0) is 16.4. The molecular formula is C19H19N5. The Balaban J connectivity index is 1.55. The monoisotopic (exact) mass is 317 g/mol. The van der Waals surface area contributed by atoms with Gasteiger partial charge in [0.25, 0.3) is 0 Å². The topological polar surface area (TPSA) is 53.9 Å². The first kappa shape index (κ1) is 14.6. The number of rotatable bonds is 3. The molecule has 1 aliphatic heterocycles. The Hall–Kier alpha value is -2.95. The summed E-state index contributed by atoms with van der Waals surface area (Å²) in [5, 5.41) is 3.25. The molecule has 0 radical (unpaired) electrons. The van der Waals surface area contributed by atoms with Crippen molar-refractivity contribution in [2.24, 2.45) is 0 Å². The van der Waals surface area contributed by atoms with Crippen molar-refractivity contribution in [3.8, 4) is 0 Å². The minimum absolute atomic E-state index is 0.574. The van der Waals surface area contributed by atoms with Crippen LogP contribution in [0.25, 0.3) is 0 Å². The lowest BCUT2D eigenvalue weighted by atomic mass is 10.0. The number of anilines is 3. The van der Waals surface area contributed by atoms with E-state index in [1.807, 2.05) is 12.1 Å². The third kappa shape index (κ3) is 3.06. The molecule has 0 spiro atoms. The Morgan fingerprint density at radius 3 is 2.75 bits per heavy atom. The highest BCUT2D eigenvalue weighted by Gasteiger charge is 2.18. The lowest BCUT2D eigenvalue weighted by Gasteiger charge is -2.28. The van der Waals surface area contributed by atoms with Gasteiger partial charge in [-0.15, -0.1) is 0 Å². The van der Waals surface area contributed by atoms with Crippen LogP contribution in [0, 0.1) is 6.92 Å². The molecule has 4 rings (SSSR count). The maximum Gasteiger partial charge on any atom is 0.231 e. The van der Waals surface area contributed by atoms with Crippen LogP contribution in [0.4, 0.5) is 17.6 Å². The van der Waals surface area contributed by atoms with Crippen molar-refractivity contribution in [2.45, 2.75) is 19.9 Å². The second-order valence-electron chi connectivity index (χ2n) is 6.04. The lowest BCUT2D eigenvalue weighted by Crippen LogP contribution is -2.31. The quantitative estimate of drug-likeness (QED) is 0.801. The molecule has 5 heteroatoms. The summed E-state index contributed by atoms with van der Waals surface area (Å²) in [6.07, 6.45) is 2.59. The first-order valence-corrected chi connectivity index (χ1v) is 8.12. The number of benzene rings is 2. The second-order valence-corrected chi connectivity index (χ2v) is 6.04. The van der Waals surface area contributed by atoms with Crippen LogP contribution in [0.1, 0.15) is 16.7 Å². The molecule has 0 bridgehead atoms. The largest absolute Gasteiger partial charge is 0.336 e. The summed E-state index contributed by atoms with van der Waals surface area (Å²) in [4.78, 5) is 15.4. The molecule has 0 aliphatic carbocycles. The van der Waals surface area contributed by atoms with E-state index in [1.165, 1.54) is 16.7 Å². The summed E-state index contributed by atoms with van der Waals surface area (Å²) < 4.78 is 0. The molecule has 2 aromatic carbocycles. The van der Waals surface area contributed by atoms with Gasteiger partial charge in [0.1, 0.15) is 6.33 Å².